The van der Waals surface area contributed by atoms with Crippen molar-refractivity contribution in [1.82, 2.24) is 0 Å². The molecule has 0 unspecified atom stereocenters. The van der Waals surface area contributed by atoms with Crippen molar-refractivity contribution in [2.45, 2.75) is 12.3 Å². The van der Waals surface area contributed by atoms with Crippen LogP contribution in [0.2, 0.25) is 0 Å². The van der Waals surface area contributed by atoms with E-state index < -0.39 is 0 Å². The molecule has 6 nitrogen and oxygen atoms in total. The SMILES string of the molecule is COc1ccc([C@@H]2CC(=O)Nc3cc(OC)c(OC)cc32)cc1O. The maximum atomic E-state index is 12.1. The summed E-state index contributed by atoms with van der Waals surface area (Å²) in [6.07, 6.45) is 0.286. The van der Waals surface area contributed by atoms with Gasteiger partial charge in [-0.3, -0.25) is 4.79 Å². The first-order valence-corrected chi connectivity index (χ1v) is 7.50. The molecular formula is C18H19NO5. The monoisotopic (exact) mass is 329 g/mol. The van der Waals surface area contributed by atoms with E-state index in [2.05, 4.69) is 5.32 Å². The maximum absolute atomic E-state index is 12.1. The normalized spacial score (nSPS) is 16.1. The fourth-order valence-electron chi connectivity index (χ4n) is 3.01. The predicted molar refractivity (Wildman–Crippen MR) is 89.3 cm³/mol. The minimum absolute atomic E-state index is 0.0445. The van der Waals surface area contributed by atoms with Gasteiger partial charge in [0, 0.05) is 24.1 Å². The van der Waals surface area contributed by atoms with Crippen LogP contribution in [0, 0.1) is 0 Å². The Balaban J connectivity index is 2.11. The molecule has 1 aliphatic rings. The molecule has 0 bridgehead atoms. The highest BCUT2D eigenvalue weighted by Gasteiger charge is 2.29. The van der Waals surface area contributed by atoms with Gasteiger partial charge in [0.1, 0.15) is 0 Å². The Hall–Kier alpha value is -2.89. The quantitative estimate of drug-likeness (QED) is 0.902. The summed E-state index contributed by atoms with van der Waals surface area (Å²) < 4.78 is 15.7. The van der Waals surface area contributed by atoms with Gasteiger partial charge in [-0.05, 0) is 29.3 Å². The summed E-state index contributed by atoms with van der Waals surface area (Å²) in [5.41, 5.74) is 2.43. The fourth-order valence-corrected chi connectivity index (χ4v) is 3.01. The number of benzene rings is 2. The third-order valence-corrected chi connectivity index (χ3v) is 4.20. The summed E-state index contributed by atoms with van der Waals surface area (Å²) in [6, 6.07) is 8.78. The molecule has 2 aromatic rings. The van der Waals surface area contributed by atoms with Crippen molar-refractivity contribution in [3.8, 4) is 23.0 Å². The second-order valence-electron chi connectivity index (χ2n) is 5.53. The molecule has 0 aromatic heterocycles. The summed E-state index contributed by atoms with van der Waals surface area (Å²) in [5, 5.41) is 12.9. The second-order valence-corrected chi connectivity index (χ2v) is 5.53. The van der Waals surface area contributed by atoms with Crippen LogP contribution in [0.25, 0.3) is 0 Å². The average molecular weight is 329 g/mol. The molecule has 2 aromatic carbocycles. The minimum atomic E-state index is -0.189. The Bertz CT molecular complexity index is 787. The number of anilines is 1. The highest BCUT2D eigenvalue weighted by molar-refractivity contribution is 5.96. The Morgan fingerprint density at radius 2 is 1.67 bits per heavy atom. The summed E-state index contributed by atoms with van der Waals surface area (Å²) in [6.45, 7) is 0. The van der Waals surface area contributed by atoms with Crippen LogP contribution in [-0.4, -0.2) is 32.3 Å². The maximum Gasteiger partial charge on any atom is 0.225 e. The molecule has 1 amide bonds. The molecule has 6 heteroatoms. The van der Waals surface area contributed by atoms with E-state index in [0.717, 1.165) is 11.1 Å². The van der Waals surface area contributed by atoms with Crippen LogP contribution < -0.4 is 19.5 Å². The van der Waals surface area contributed by atoms with Crippen molar-refractivity contribution < 1.29 is 24.1 Å². The van der Waals surface area contributed by atoms with Crippen LogP contribution >= 0.6 is 0 Å². The van der Waals surface area contributed by atoms with Gasteiger partial charge >= 0.3 is 0 Å². The lowest BCUT2D eigenvalue weighted by molar-refractivity contribution is -0.116. The first kappa shape index (κ1) is 16.0. The molecular weight excluding hydrogens is 310 g/mol. The molecule has 24 heavy (non-hydrogen) atoms. The Labute approximate surface area is 140 Å². The number of hydrogen-bond donors (Lipinski definition) is 2. The third kappa shape index (κ3) is 2.71. The molecule has 1 atom stereocenters. The van der Waals surface area contributed by atoms with E-state index in [1.165, 1.54) is 7.11 Å². The lowest BCUT2D eigenvalue weighted by atomic mass is 9.84. The van der Waals surface area contributed by atoms with Crippen LogP contribution in [-0.2, 0) is 4.79 Å². The number of nitrogens with one attached hydrogen (secondary N) is 1. The number of carbonyl (C=O) groups is 1. The lowest BCUT2D eigenvalue weighted by Gasteiger charge is -2.27. The van der Waals surface area contributed by atoms with E-state index in [9.17, 15) is 9.90 Å². The molecule has 126 valence electrons. The summed E-state index contributed by atoms with van der Waals surface area (Å²) in [4.78, 5) is 12.1. The number of phenolic OH excluding ortho intramolecular Hbond substituents is 1. The highest BCUT2D eigenvalue weighted by Crippen LogP contribution is 2.44. The number of rotatable bonds is 4. The number of hydrogen-bond acceptors (Lipinski definition) is 5. The van der Waals surface area contributed by atoms with E-state index in [1.807, 2.05) is 12.1 Å². The van der Waals surface area contributed by atoms with Gasteiger partial charge in [0.25, 0.3) is 0 Å². The van der Waals surface area contributed by atoms with Gasteiger partial charge in [0.15, 0.2) is 23.0 Å². The van der Waals surface area contributed by atoms with Crippen molar-refractivity contribution in [3.05, 3.63) is 41.5 Å². The molecule has 0 aliphatic carbocycles. The van der Waals surface area contributed by atoms with Gasteiger partial charge < -0.3 is 24.6 Å². The smallest absolute Gasteiger partial charge is 0.225 e. The van der Waals surface area contributed by atoms with E-state index in [4.69, 9.17) is 14.2 Å². The summed E-state index contributed by atoms with van der Waals surface area (Å²) >= 11 is 0. The first-order valence-electron chi connectivity index (χ1n) is 7.50. The molecule has 0 saturated carbocycles. The van der Waals surface area contributed by atoms with Gasteiger partial charge in [0.05, 0.1) is 21.3 Å². The zero-order valence-electron chi connectivity index (χ0n) is 13.8. The second kappa shape index (κ2) is 6.31. The number of fused-ring (bicyclic) bond motifs is 1. The van der Waals surface area contributed by atoms with E-state index in [0.29, 0.717) is 22.9 Å². The number of aromatic hydroxyl groups is 1. The largest absolute Gasteiger partial charge is 0.504 e. The zero-order chi connectivity index (χ0) is 17.3. The number of amides is 1. The third-order valence-electron chi connectivity index (χ3n) is 4.20. The molecule has 0 fully saturated rings. The topological polar surface area (TPSA) is 77.0 Å². The van der Waals surface area contributed by atoms with E-state index in [1.54, 1.807) is 32.4 Å². The molecule has 2 N–H and O–H groups in total. The highest BCUT2D eigenvalue weighted by atomic mass is 16.5. The Morgan fingerprint density at radius 3 is 2.29 bits per heavy atom. The van der Waals surface area contributed by atoms with Crippen LogP contribution in [0.3, 0.4) is 0 Å². The average Bonchev–Trinajstić information content (AvgIpc) is 2.59. The Morgan fingerprint density at radius 1 is 1.00 bits per heavy atom. The Kier molecular flexibility index (Phi) is 4.20. The van der Waals surface area contributed by atoms with Crippen molar-refractivity contribution in [2.75, 3.05) is 26.6 Å². The molecule has 0 saturated heterocycles. The number of ether oxygens (including phenoxy) is 3. The van der Waals surface area contributed by atoms with Gasteiger partial charge in [-0.1, -0.05) is 6.07 Å². The number of phenols is 1. The van der Waals surface area contributed by atoms with Crippen LogP contribution in [0.4, 0.5) is 5.69 Å². The van der Waals surface area contributed by atoms with Crippen molar-refractivity contribution in [2.24, 2.45) is 0 Å². The van der Waals surface area contributed by atoms with E-state index >= 15 is 0 Å². The molecule has 0 spiro atoms. The van der Waals surface area contributed by atoms with Gasteiger partial charge in [-0.2, -0.15) is 0 Å². The molecule has 1 aliphatic heterocycles. The van der Waals surface area contributed by atoms with Crippen LogP contribution in [0.15, 0.2) is 30.3 Å². The number of carbonyl (C=O) groups excluding carboxylic acids is 1. The van der Waals surface area contributed by atoms with Crippen molar-refractivity contribution in [1.29, 1.82) is 0 Å². The fraction of sp³-hybridized carbons (Fsp3) is 0.278. The summed E-state index contributed by atoms with van der Waals surface area (Å²) in [7, 11) is 4.61. The predicted octanol–water partition coefficient (Wildman–Crippen LogP) is 2.89. The number of methoxy groups -OCH3 is 3. The molecule has 3 rings (SSSR count). The van der Waals surface area contributed by atoms with Gasteiger partial charge in [-0.15, -0.1) is 0 Å². The van der Waals surface area contributed by atoms with Gasteiger partial charge in [0.2, 0.25) is 5.91 Å². The zero-order valence-corrected chi connectivity index (χ0v) is 13.8. The standard InChI is InChI=1S/C18H19NO5/c1-22-15-5-4-10(6-14(15)20)11-8-18(21)19-13-9-17(24-3)16(23-2)7-12(11)13/h4-7,9,11,20H,8H2,1-3H3,(H,19,21)/t11-/m0/s1. The summed E-state index contributed by atoms with van der Waals surface area (Å²) in [5.74, 6) is 1.31. The first-order chi connectivity index (χ1) is 11.6. The van der Waals surface area contributed by atoms with Gasteiger partial charge in [-0.25, -0.2) is 0 Å². The minimum Gasteiger partial charge on any atom is -0.504 e. The van der Waals surface area contributed by atoms with E-state index in [-0.39, 0.29) is 24.0 Å². The van der Waals surface area contributed by atoms with Crippen LogP contribution in [0.1, 0.15) is 23.5 Å². The molecule has 1 heterocycles. The van der Waals surface area contributed by atoms with Crippen molar-refractivity contribution >= 4 is 11.6 Å². The van der Waals surface area contributed by atoms with Crippen molar-refractivity contribution in [3.63, 3.8) is 0 Å². The lowest BCUT2D eigenvalue weighted by Crippen LogP contribution is -2.23. The molecule has 0 radical (unpaired) electrons. The van der Waals surface area contributed by atoms with Crippen LogP contribution in [0.5, 0.6) is 23.0 Å².